The summed E-state index contributed by atoms with van der Waals surface area (Å²) in [7, 11) is 0. The molecule has 0 spiro atoms. The second-order valence-electron chi connectivity index (χ2n) is 6.79. The minimum absolute atomic E-state index is 0.0429. The second-order valence-corrected chi connectivity index (χ2v) is 7.87. The van der Waals surface area contributed by atoms with Gasteiger partial charge in [0, 0.05) is 4.70 Å². The first kappa shape index (κ1) is 18.4. The molecule has 5 nitrogen and oxygen atoms in total. The van der Waals surface area contributed by atoms with E-state index >= 15 is 0 Å². The van der Waals surface area contributed by atoms with Gasteiger partial charge in [-0.25, -0.2) is 0 Å². The summed E-state index contributed by atoms with van der Waals surface area (Å²) in [5.41, 5.74) is 0. The maximum Gasteiger partial charge on any atom is 0.262 e. The highest BCUT2D eigenvalue weighted by Gasteiger charge is 2.26. The summed E-state index contributed by atoms with van der Waals surface area (Å²) in [4.78, 5) is 25.7. The number of carbonyl (C=O) groups excluding carboxylic acids is 2. The first-order valence-electron chi connectivity index (χ1n) is 9.11. The fourth-order valence-corrected chi connectivity index (χ4v) is 4.53. The molecule has 2 aromatic rings. The molecule has 0 aliphatic heterocycles. The van der Waals surface area contributed by atoms with Gasteiger partial charge >= 0.3 is 0 Å². The Kier molecular flexibility index (Phi) is 6.24. The van der Waals surface area contributed by atoms with Crippen LogP contribution in [0.2, 0.25) is 0 Å². The van der Waals surface area contributed by atoms with Crippen molar-refractivity contribution < 1.29 is 9.59 Å². The Balaban J connectivity index is 1.71. The van der Waals surface area contributed by atoms with Gasteiger partial charge in [0.1, 0.15) is 12.6 Å². The molecule has 0 saturated heterocycles. The molecule has 1 fully saturated rings. The van der Waals surface area contributed by atoms with Crippen molar-refractivity contribution in [2.45, 2.75) is 44.6 Å². The summed E-state index contributed by atoms with van der Waals surface area (Å²) >= 11 is 1.43. The van der Waals surface area contributed by atoms with Crippen LogP contribution in [0.5, 0.6) is 0 Å². The summed E-state index contributed by atoms with van der Waals surface area (Å²) in [5.74, 6) is -0.0463. The number of hydrogen-bond donors (Lipinski definition) is 2. The molecule has 136 valence electrons. The quantitative estimate of drug-likeness (QED) is 0.763. The lowest BCUT2D eigenvalue weighted by Gasteiger charge is -2.26. The van der Waals surface area contributed by atoms with Crippen LogP contribution in [-0.2, 0) is 4.79 Å². The van der Waals surface area contributed by atoms with Gasteiger partial charge in [-0.05, 0) is 29.9 Å². The molecule has 0 radical (unpaired) electrons. The van der Waals surface area contributed by atoms with Crippen molar-refractivity contribution in [3.8, 4) is 6.07 Å². The monoisotopic (exact) mass is 369 g/mol. The summed E-state index contributed by atoms with van der Waals surface area (Å²) in [6.07, 6.45) is 6.44. The lowest BCUT2D eigenvalue weighted by atomic mass is 9.84. The Morgan fingerprint density at radius 2 is 2.00 bits per heavy atom. The summed E-state index contributed by atoms with van der Waals surface area (Å²) in [6, 6.07) is 11.0. The van der Waals surface area contributed by atoms with Gasteiger partial charge in [0.05, 0.1) is 10.9 Å². The molecular formula is C20H23N3O2S. The molecule has 0 unspecified atom stereocenters. The smallest absolute Gasteiger partial charge is 0.262 e. The third kappa shape index (κ3) is 4.61. The first-order chi connectivity index (χ1) is 12.7. The van der Waals surface area contributed by atoms with Crippen molar-refractivity contribution in [2.24, 2.45) is 5.92 Å². The number of hydrogen-bond acceptors (Lipinski definition) is 4. The van der Waals surface area contributed by atoms with Crippen LogP contribution in [0.4, 0.5) is 0 Å². The van der Waals surface area contributed by atoms with Crippen LogP contribution < -0.4 is 10.6 Å². The zero-order chi connectivity index (χ0) is 18.4. The van der Waals surface area contributed by atoms with Gasteiger partial charge in [0.2, 0.25) is 5.91 Å². The van der Waals surface area contributed by atoms with E-state index in [4.69, 9.17) is 5.26 Å². The molecular weight excluding hydrogens is 346 g/mol. The Morgan fingerprint density at radius 1 is 1.23 bits per heavy atom. The molecule has 2 amide bonds. The van der Waals surface area contributed by atoms with Crippen molar-refractivity contribution in [3.63, 3.8) is 0 Å². The van der Waals surface area contributed by atoms with E-state index in [-0.39, 0.29) is 18.4 Å². The zero-order valence-corrected chi connectivity index (χ0v) is 15.5. The highest BCUT2D eigenvalue weighted by Crippen LogP contribution is 2.28. The molecule has 1 aliphatic rings. The van der Waals surface area contributed by atoms with Crippen LogP contribution in [0, 0.1) is 17.2 Å². The molecule has 1 saturated carbocycles. The van der Waals surface area contributed by atoms with Gasteiger partial charge in [-0.15, -0.1) is 11.3 Å². The van der Waals surface area contributed by atoms with Crippen LogP contribution in [0.3, 0.4) is 0 Å². The number of nitrogens with zero attached hydrogens (tertiary/aromatic N) is 1. The predicted octanol–water partition coefficient (Wildman–Crippen LogP) is 3.61. The third-order valence-corrected chi connectivity index (χ3v) is 6.02. The van der Waals surface area contributed by atoms with E-state index in [1.165, 1.54) is 30.6 Å². The molecule has 1 aromatic carbocycles. The highest BCUT2D eigenvalue weighted by molar-refractivity contribution is 7.20. The molecule has 2 N–H and O–H groups in total. The number of benzene rings is 1. The van der Waals surface area contributed by atoms with E-state index in [2.05, 4.69) is 10.6 Å². The number of thiophene rings is 1. The average Bonchev–Trinajstić information content (AvgIpc) is 3.10. The summed E-state index contributed by atoms with van der Waals surface area (Å²) in [6.45, 7) is -0.0429. The summed E-state index contributed by atoms with van der Waals surface area (Å²) in [5, 5.41) is 15.2. The van der Waals surface area contributed by atoms with Crippen molar-refractivity contribution in [3.05, 3.63) is 35.2 Å². The Morgan fingerprint density at radius 3 is 2.73 bits per heavy atom. The van der Waals surface area contributed by atoms with Gasteiger partial charge in [0.25, 0.3) is 5.91 Å². The van der Waals surface area contributed by atoms with Gasteiger partial charge in [-0.3, -0.25) is 9.59 Å². The van der Waals surface area contributed by atoms with E-state index < -0.39 is 6.04 Å². The van der Waals surface area contributed by atoms with Crippen molar-refractivity contribution in [1.82, 2.24) is 10.6 Å². The van der Waals surface area contributed by atoms with E-state index in [1.807, 2.05) is 36.4 Å². The molecule has 0 bridgehead atoms. The third-order valence-electron chi connectivity index (χ3n) is 4.91. The van der Waals surface area contributed by atoms with Crippen LogP contribution in [0.25, 0.3) is 10.1 Å². The Labute approximate surface area is 157 Å². The highest BCUT2D eigenvalue weighted by atomic mass is 32.1. The molecule has 1 aliphatic carbocycles. The lowest BCUT2D eigenvalue weighted by Crippen LogP contribution is -2.47. The van der Waals surface area contributed by atoms with Gasteiger partial charge < -0.3 is 10.6 Å². The number of nitriles is 1. The maximum absolute atomic E-state index is 12.7. The van der Waals surface area contributed by atoms with Crippen molar-refractivity contribution in [1.29, 1.82) is 5.26 Å². The van der Waals surface area contributed by atoms with Crippen molar-refractivity contribution >= 4 is 33.2 Å². The molecule has 1 aromatic heterocycles. The van der Waals surface area contributed by atoms with E-state index in [1.54, 1.807) is 0 Å². The number of carbonyl (C=O) groups is 2. The van der Waals surface area contributed by atoms with Crippen LogP contribution in [-0.4, -0.2) is 24.4 Å². The maximum atomic E-state index is 12.7. The minimum atomic E-state index is -0.593. The van der Waals surface area contributed by atoms with E-state index in [0.717, 1.165) is 22.9 Å². The molecule has 3 rings (SSSR count). The zero-order valence-electron chi connectivity index (χ0n) is 14.7. The molecule has 1 heterocycles. The topological polar surface area (TPSA) is 82.0 Å². The van der Waals surface area contributed by atoms with Crippen LogP contribution in [0.1, 0.15) is 48.2 Å². The SMILES string of the molecule is N#CCNC(=O)[C@H](CC1CCCCC1)NC(=O)c1cc2ccccc2s1. The Hall–Kier alpha value is -2.39. The largest absolute Gasteiger partial charge is 0.341 e. The van der Waals surface area contributed by atoms with Gasteiger partial charge in [-0.2, -0.15) is 5.26 Å². The number of rotatable bonds is 6. The number of fused-ring (bicyclic) bond motifs is 1. The summed E-state index contributed by atoms with van der Waals surface area (Å²) < 4.78 is 1.05. The molecule has 1 atom stereocenters. The standard InChI is InChI=1S/C20H23N3O2S/c21-10-11-22-19(24)16(12-14-6-2-1-3-7-14)23-20(25)18-13-15-8-4-5-9-17(15)26-18/h4-5,8-9,13-14,16H,1-3,6-7,11-12H2,(H,22,24)(H,23,25)/t16-/m0/s1. The molecule has 26 heavy (non-hydrogen) atoms. The second kappa shape index (κ2) is 8.81. The van der Waals surface area contributed by atoms with Crippen LogP contribution in [0.15, 0.2) is 30.3 Å². The van der Waals surface area contributed by atoms with Gasteiger partial charge in [-0.1, -0.05) is 50.3 Å². The Bertz CT molecular complexity index is 785. The first-order valence-corrected chi connectivity index (χ1v) is 9.93. The lowest BCUT2D eigenvalue weighted by molar-refractivity contribution is -0.123. The van der Waals surface area contributed by atoms with E-state index in [0.29, 0.717) is 17.2 Å². The van der Waals surface area contributed by atoms with Crippen molar-refractivity contribution in [2.75, 3.05) is 6.54 Å². The molecule has 6 heteroatoms. The van der Waals surface area contributed by atoms with E-state index in [9.17, 15) is 9.59 Å². The average molecular weight is 369 g/mol. The van der Waals surface area contributed by atoms with Gasteiger partial charge in [0.15, 0.2) is 0 Å². The minimum Gasteiger partial charge on any atom is -0.341 e. The number of amides is 2. The number of nitrogens with one attached hydrogen (secondary N) is 2. The fourth-order valence-electron chi connectivity index (χ4n) is 3.56. The fraction of sp³-hybridized carbons (Fsp3) is 0.450. The normalized spacial score (nSPS) is 16.0. The predicted molar refractivity (Wildman–Crippen MR) is 103 cm³/mol. The van der Waals surface area contributed by atoms with Crippen LogP contribution >= 0.6 is 11.3 Å².